The predicted octanol–water partition coefficient (Wildman–Crippen LogP) is 0.841. The van der Waals surface area contributed by atoms with Gasteiger partial charge < -0.3 is 15.5 Å². The Bertz CT molecular complexity index is 479. The molecule has 1 aromatic heterocycles. The molecule has 1 amide bonds. The van der Waals surface area contributed by atoms with Crippen LogP contribution in [0.1, 0.15) is 32.6 Å². The van der Waals surface area contributed by atoms with Crippen molar-refractivity contribution in [3.8, 4) is 0 Å². The maximum absolute atomic E-state index is 12.0. The summed E-state index contributed by atoms with van der Waals surface area (Å²) in [7, 11) is 0. The van der Waals surface area contributed by atoms with Crippen LogP contribution >= 0.6 is 0 Å². The van der Waals surface area contributed by atoms with Gasteiger partial charge >= 0.3 is 0 Å². The van der Waals surface area contributed by atoms with Crippen molar-refractivity contribution in [2.24, 2.45) is 4.99 Å². The number of nitrogens with zero attached hydrogens (tertiary/aromatic N) is 4. The zero-order chi connectivity index (χ0) is 16.3. The van der Waals surface area contributed by atoms with Gasteiger partial charge in [0, 0.05) is 58.1 Å². The van der Waals surface area contributed by atoms with E-state index in [1.54, 1.807) is 6.20 Å². The standard InChI is InChI=1S/C16H28N6O/c1-2-17-16(18-8-5-13-22-14-6-9-20-22)19-10-7-15(23)21-11-3-4-12-21/h6,9,14H,2-5,7-8,10-13H2,1H3,(H2,17,18,19). The van der Waals surface area contributed by atoms with Crippen molar-refractivity contribution >= 4 is 11.9 Å². The fraction of sp³-hybridized carbons (Fsp3) is 0.688. The summed E-state index contributed by atoms with van der Waals surface area (Å²) in [5.41, 5.74) is 0. The van der Waals surface area contributed by atoms with Crippen molar-refractivity contribution in [1.29, 1.82) is 0 Å². The highest BCUT2D eigenvalue weighted by Crippen LogP contribution is 2.08. The summed E-state index contributed by atoms with van der Waals surface area (Å²) < 4.78 is 1.91. The Labute approximate surface area is 138 Å². The molecule has 0 radical (unpaired) electrons. The third-order valence-corrected chi connectivity index (χ3v) is 3.81. The first-order chi connectivity index (χ1) is 11.3. The van der Waals surface area contributed by atoms with Crippen LogP contribution in [0, 0.1) is 0 Å². The van der Waals surface area contributed by atoms with Gasteiger partial charge in [-0.2, -0.15) is 5.10 Å². The maximum Gasteiger partial charge on any atom is 0.224 e. The fourth-order valence-electron chi connectivity index (χ4n) is 2.61. The first-order valence-electron chi connectivity index (χ1n) is 8.57. The van der Waals surface area contributed by atoms with Gasteiger partial charge in [0.2, 0.25) is 5.91 Å². The number of nitrogens with one attached hydrogen (secondary N) is 2. The monoisotopic (exact) mass is 320 g/mol. The highest BCUT2D eigenvalue weighted by atomic mass is 16.2. The van der Waals surface area contributed by atoms with Gasteiger partial charge in [-0.05, 0) is 32.3 Å². The third-order valence-electron chi connectivity index (χ3n) is 3.81. The molecule has 1 aliphatic heterocycles. The summed E-state index contributed by atoms with van der Waals surface area (Å²) in [6.45, 7) is 6.90. The Morgan fingerprint density at radius 2 is 2.13 bits per heavy atom. The highest BCUT2D eigenvalue weighted by Gasteiger charge is 2.17. The van der Waals surface area contributed by atoms with Crippen LogP contribution in [0.4, 0.5) is 0 Å². The van der Waals surface area contributed by atoms with Crippen molar-refractivity contribution in [2.45, 2.75) is 39.2 Å². The van der Waals surface area contributed by atoms with Crippen molar-refractivity contribution in [1.82, 2.24) is 25.3 Å². The van der Waals surface area contributed by atoms with Gasteiger partial charge in [0.25, 0.3) is 0 Å². The fourth-order valence-corrected chi connectivity index (χ4v) is 2.61. The Kier molecular flexibility index (Phi) is 7.42. The molecule has 128 valence electrons. The molecule has 0 saturated carbocycles. The molecule has 1 fully saturated rings. The van der Waals surface area contributed by atoms with E-state index in [2.05, 4.69) is 20.7 Å². The number of hydrogen-bond donors (Lipinski definition) is 2. The summed E-state index contributed by atoms with van der Waals surface area (Å²) in [5, 5.41) is 10.6. The molecule has 2 rings (SSSR count). The minimum atomic E-state index is 0.240. The summed E-state index contributed by atoms with van der Waals surface area (Å²) in [6.07, 6.45) is 7.48. The lowest BCUT2D eigenvalue weighted by Gasteiger charge is -2.16. The molecule has 7 nitrogen and oxygen atoms in total. The molecule has 2 heterocycles. The van der Waals surface area contributed by atoms with E-state index in [1.807, 2.05) is 28.8 Å². The lowest BCUT2D eigenvalue weighted by molar-refractivity contribution is -0.129. The molecular weight excluding hydrogens is 292 g/mol. The van der Waals surface area contributed by atoms with Gasteiger partial charge in [0.1, 0.15) is 0 Å². The molecule has 1 aromatic rings. The lowest BCUT2D eigenvalue weighted by Crippen LogP contribution is -2.39. The molecule has 0 bridgehead atoms. The van der Waals surface area contributed by atoms with E-state index in [-0.39, 0.29) is 5.91 Å². The first-order valence-corrected chi connectivity index (χ1v) is 8.57. The minimum absolute atomic E-state index is 0.240. The summed E-state index contributed by atoms with van der Waals surface area (Å²) in [6, 6.07) is 1.92. The maximum atomic E-state index is 12.0. The van der Waals surface area contributed by atoms with Crippen LogP contribution in [0.3, 0.4) is 0 Å². The molecule has 23 heavy (non-hydrogen) atoms. The number of guanidine groups is 1. The van der Waals surface area contributed by atoms with Gasteiger partial charge in [-0.3, -0.25) is 14.5 Å². The summed E-state index contributed by atoms with van der Waals surface area (Å²) in [4.78, 5) is 18.5. The average Bonchev–Trinajstić information content (AvgIpc) is 3.24. The van der Waals surface area contributed by atoms with Crippen LogP contribution in [0.25, 0.3) is 0 Å². The Balaban J connectivity index is 1.65. The van der Waals surface area contributed by atoms with E-state index < -0.39 is 0 Å². The van der Waals surface area contributed by atoms with Crippen LogP contribution in [0.5, 0.6) is 0 Å². The van der Waals surface area contributed by atoms with Gasteiger partial charge in [-0.25, -0.2) is 0 Å². The Morgan fingerprint density at radius 3 is 2.83 bits per heavy atom. The van der Waals surface area contributed by atoms with Crippen LogP contribution in [-0.2, 0) is 11.3 Å². The molecule has 0 unspecified atom stereocenters. The van der Waals surface area contributed by atoms with E-state index in [4.69, 9.17) is 0 Å². The number of aromatic nitrogens is 2. The molecular formula is C16H28N6O. The van der Waals surface area contributed by atoms with Gasteiger partial charge in [-0.15, -0.1) is 0 Å². The molecule has 1 aliphatic rings. The molecule has 7 heteroatoms. The number of carbonyl (C=O) groups is 1. The van der Waals surface area contributed by atoms with E-state index in [1.165, 1.54) is 0 Å². The van der Waals surface area contributed by atoms with Crippen molar-refractivity contribution in [2.75, 3.05) is 32.7 Å². The van der Waals surface area contributed by atoms with Gasteiger partial charge in [0.05, 0.1) is 0 Å². The average molecular weight is 320 g/mol. The number of likely N-dealkylation sites (tertiary alicyclic amines) is 1. The number of hydrogen-bond acceptors (Lipinski definition) is 3. The Morgan fingerprint density at radius 1 is 1.30 bits per heavy atom. The number of aliphatic imine (C=N–C) groups is 1. The molecule has 0 spiro atoms. The summed E-state index contributed by atoms with van der Waals surface area (Å²) in [5.74, 6) is 1.02. The topological polar surface area (TPSA) is 74.5 Å². The number of amides is 1. The first kappa shape index (κ1) is 17.3. The molecule has 0 aliphatic carbocycles. The van der Waals surface area contributed by atoms with Gasteiger partial charge in [-0.1, -0.05) is 0 Å². The number of rotatable bonds is 8. The third kappa shape index (κ3) is 6.30. The predicted molar refractivity (Wildman–Crippen MR) is 91.3 cm³/mol. The quantitative estimate of drug-likeness (QED) is 0.423. The zero-order valence-corrected chi connectivity index (χ0v) is 14.0. The minimum Gasteiger partial charge on any atom is -0.357 e. The summed E-state index contributed by atoms with van der Waals surface area (Å²) >= 11 is 0. The van der Waals surface area contributed by atoms with Crippen LogP contribution in [0.2, 0.25) is 0 Å². The van der Waals surface area contributed by atoms with Crippen molar-refractivity contribution in [3.05, 3.63) is 18.5 Å². The van der Waals surface area contributed by atoms with Crippen molar-refractivity contribution < 1.29 is 4.79 Å². The van der Waals surface area contributed by atoms with Crippen LogP contribution < -0.4 is 10.6 Å². The SMILES string of the molecule is CCNC(=NCCCn1cccn1)NCCC(=O)N1CCCC1. The van der Waals surface area contributed by atoms with E-state index >= 15 is 0 Å². The van der Waals surface area contributed by atoms with Crippen LogP contribution in [-0.4, -0.2) is 59.3 Å². The largest absolute Gasteiger partial charge is 0.357 e. The van der Waals surface area contributed by atoms with E-state index in [0.717, 1.165) is 57.9 Å². The second-order valence-corrected chi connectivity index (χ2v) is 5.65. The second kappa shape index (κ2) is 9.86. The van der Waals surface area contributed by atoms with Gasteiger partial charge in [0.15, 0.2) is 5.96 Å². The zero-order valence-electron chi connectivity index (χ0n) is 14.0. The Hall–Kier alpha value is -2.05. The van der Waals surface area contributed by atoms with Crippen LogP contribution in [0.15, 0.2) is 23.5 Å². The van der Waals surface area contributed by atoms with Crippen molar-refractivity contribution in [3.63, 3.8) is 0 Å². The molecule has 2 N–H and O–H groups in total. The smallest absolute Gasteiger partial charge is 0.224 e. The number of carbonyl (C=O) groups excluding carboxylic acids is 1. The van der Waals surface area contributed by atoms with E-state index in [0.29, 0.717) is 13.0 Å². The molecule has 1 saturated heterocycles. The van der Waals surface area contributed by atoms with E-state index in [9.17, 15) is 4.79 Å². The number of aryl methyl sites for hydroxylation is 1. The normalized spacial score (nSPS) is 15.0. The second-order valence-electron chi connectivity index (χ2n) is 5.65. The molecule has 0 aromatic carbocycles. The molecule has 0 atom stereocenters. The highest BCUT2D eigenvalue weighted by molar-refractivity contribution is 5.81. The lowest BCUT2D eigenvalue weighted by atomic mass is 10.3.